The first-order valence-electron chi connectivity index (χ1n) is 2.73. The molecule has 1 heterocycles. The van der Waals surface area contributed by atoms with Gasteiger partial charge in [0.25, 0.3) is 5.91 Å². The van der Waals surface area contributed by atoms with Crippen LogP contribution in [0, 0.1) is 5.53 Å². The van der Waals surface area contributed by atoms with Crippen LogP contribution in [-0.2, 0) is 9.53 Å². The Kier molecular flexibility index (Phi) is 1.94. The predicted octanol–water partition coefficient (Wildman–Crippen LogP) is 1.01. The van der Waals surface area contributed by atoms with Crippen LogP contribution in [0.1, 0.15) is 0 Å². The molecule has 0 saturated heterocycles. The number of nitrogens with zero attached hydrogens (tertiary/aromatic N) is 1. The molecule has 0 bridgehead atoms. The third-order valence-electron chi connectivity index (χ3n) is 1.09. The van der Waals surface area contributed by atoms with Gasteiger partial charge in [-0.25, -0.2) is 5.53 Å². The smallest absolute Gasteiger partial charge is 0.294 e. The van der Waals surface area contributed by atoms with Crippen LogP contribution in [-0.4, -0.2) is 12.5 Å². The molecule has 1 N–H and O–H groups in total. The number of carbonyl (C=O) groups is 1. The average Bonchev–Trinajstić information content (AvgIpc) is 2.05. The molecule has 1 aliphatic heterocycles. The predicted molar refractivity (Wildman–Crippen MR) is 33.3 cm³/mol. The van der Waals surface area contributed by atoms with E-state index >= 15 is 0 Å². The monoisotopic (exact) mass is 138 g/mol. The Balaban J connectivity index is 2.71. The number of nitrogens with one attached hydrogen (secondary N) is 1. The lowest BCUT2D eigenvalue weighted by atomic mass is 10.2. The molecule has 52 valence electrons. The van der Waals surface area contributed by atoms with Crippen LogP contribution >= 0.6 is 0 Å². The molecule has 4 nitrogen and oxygen atoms in total. The maximum absolute atomic E-state index is 10.6. The second-order valence-electron chi connectivity index (χ2n) is 1.75. The van der Waals surface area contributed by atoms with E-state index in [-0.39, 0.29) is 6.61 Å². The molecule has 0 aromatic heterocycles. The van der Waals surface area contributed by atoms with Crippen LogP contribution in [0.2, 0.25) is 0 Å². The van der Waals surface area contributed by atoms with Gasteiger partial charge in [0.05, 0.1) is 11.8 Å². The van der Waals surface area contributed by atoms with E-state index in [1.807, 2.05) is 0 Å². The third kappa shape index (κ3) is 1.28. The number of amides is 1. The van der Waals surface area contributed by atoms with Gasteiger partial charge in [-0.3, -0.25) is 4.79 Å². The number of rotatable bonds is 1. The minimum absolute atomic E-state index is 0.220. The summed E-state index contributed by atoms with van der Waals surface area (Å²) in [4.78, 5) is 10.6. The van der Waals surface area contributed by atoms with E-state index in [4.69, 9.17) is 10.3 Å². The van der Waals surface area contributed by atoms with Gasteiger partial charge >= 0.3 is 0 Å². The second-order valence-corrected chi connectivity index (χ2v) is 1.75. The summed E-state index contributed by atoms with van der Waals surface area (Å²) in [6.45, 7) is 0.220. The van der Waals surface area contributed by atoms with Crippen LogP contribution in [0.5, 0.6) is 0 Å². The molecule has 4 heteroatoms. The van der Waals surface area contributed by atoms with Crippen LogP contribution < -0.4 is 0 Å². The standard InChI is InChI=1S/C6H6N2O2/c7-8-6(9)5-2-1-3-10-4-5/h1-3,7H,4H2. The van der Waals surface area contributed by atoms with Crippen molar-refractivity contribution in [3.8, 4) is 0 Å². The van der Waals surface area contributed by atoms with Crippen LogP contribution in [0.15, 0.2) is 29.1 Å². The molecular weight excluding hydrogens is 132 g/mol. The molecule has 0 aliphatic carbocycles. The Labute approximate surface area is 57.7 Å². The molecule has 1 rings (SSSR count). The average molecular weight is 138 g/mol. The molecule has 0 fully saturated rings. The molecule has 0 unspecified atom stereocenters. The minimum atomic E-state index is -0.538. The lowest BCUT2D eigenvalue weighted by molar-refractivity contribution is -0.115. The summed E-state index contributed by atoms with van der Waals surface area (Å²) in [6, 6.07) is 0. The van der Waals surface area contributed by atoms with Gasteiger partial charge in [0, 0.05) is 0 Å². The van der Waals surface area contributed by atoms with Crippen molar-refractivity contribution >= 4 is 5.91 Å². The zero-order chi connectivity index (χ0) is 7.40. The van der Waals surface area contributed by atoms with Crippen molar-refractivity contribution in [1.29, 1.82) is 5.53 Å². The first-order valence-corrected chi connectivity index (χ1v) is 2.73. The van der Waals surface area contributed by atoms with Gasteiger partial charge in [-0.15, -0.1) is 5.11 Å². The van der Waals surface area contributed by atoms with Crippen molar-refractivity contribution in [3.63, 3.8) is 0 Å². The van der Waals surface area contributed by atoms with E-state index < -0.39 is 5.91 Å². The van der Waals surface area contributed by atoms with Crippen molar-refractivity contribution in [2.24, 2.45) is 5.11 Å². The highest BCUT2D eigenvalue weighted by Crippen LogP contribution is 2.04. The van der Waals surface area contributed by atoms with E-state index in [1.165, 1.54) is 6.26 Å². The number of hydrogen-bond donors (Lipinski definition) is 1. The van der Waals surface area contributed by atoms with E-state index in [2.05, 4.69) is 5.11 Å². The van der Waals surface area contributed by atoms with E-state index in [0.29, 0.717) is 5.57 Å². The lowest BCUT2D eigenvalue weighted by Crippen LogP contribution is -2.06. The summed E-state index contributed by atoms with van der Waals surface area (Å²) in [7, 11) is 0. The van der Waals surface area contributed by atoms with E-state index in [0.717, 1.165) is 0 Å². The van der Waals surface area contributed by atoms with Crippen molar-refractivity contribution in [1.82, 2.24) is 0 Å². The third-order valence-corrected chi connectivity index (χ3v) is 1.09. The molecule has 1 amide bonds. The molecule has 0 atom stereocenters. The summed E-state index contributed by atoms with van der Waals surface area (Å²) in [6.07, 6.45) is 4.67. The van der Waals surface area contributed by atoms with Crippen molar-refractivity contribution in [3.05, 3.63) is 24.0 Å². The van der Waals surface area contributed by atoms with Crippen LogP contribution in [0.4, 0.5) is 0 Å². The van der Waals surface area contributed by atoms with Gasteiger partial charge in [0.15, 0.2) is 0 Å². The fraction of sp³-hybridized carbons (Fsp3) is 0.167. The Morgan fingerprint density at radius 2 is 2.60 bits per heavy atom. The highest BCUT2D eigenvalue weighted by Gasteiger charge is 2.08. The molecule has 0 aromatic carbocycles. The van der Waals surface area contributed by atoms with E-state index in [9.17, 15) is 4.79 Å². The molecule has 0 saturated carbocycles. The summed E-state index contributed by atoms with van der Waals surface area (Å²) in [5.41, 5.74) is 6.81. The number of ether oxygens (including phenoxy) is 1. The molecule has 0 aromatic rings. The number of allylic oxidation sites excluding steroid dienone is 2. The second kappa shape index (κ2) is 2.91. The van der Waals surface area contributed by atoms with Gasteiger partial charge < -0.3 is 4.74 Å². The zero-order valence-electron chi connectivity index (χ0n) is 5.20. The summed E-state index contributed by atoms with van der Waals surface area (Å²) in [5, 5.41) is 2.74. The quantitative estimate of drug-likeness (QED) is 0.549. The van der Waals surface area contributed by atoms with Crippen molar-refractivity contribution in [2.75, 3.05) is 6.61 Å². The van der Waals surface area contributed by atoms with Crippen LogP contribution in [0.25, 0.3) is 0 Å². The Bertz CT molecular complexity index is 218. The van der Waals surface area contributed by atoms with Gasteiger partial charge in [-0.1, -0.05) is 0 Å². The molecule has 0 radical (unpaired) electrons. The minimum Gasteiger partial charge on any atom is -0.496 e. The van der Waals surface area contributed by atoms with Crippen molar-refractivity contribution in [2.45, 2.75) is 0 Å². The Hall–Kier alpha value is -1.45. The maximum Gasteiger partial charge on any atom is 0.294 e. The molecule has 0 spiro atoms. The molecular formula is C6H6N2O2. The Morgan fingerprint density at radius 3 is 3.10 bits per heavy atom. The van der Waals surface area contributed by atoms with Crippen molar-refractivity contribution < 1.29 is 9.53 Å². The number of carbonyl (C=O) groups excluding carboxylic acids is 1. The largest absolute Gasteiger partial charge is 0.496 e. The normalized spacial score (nSPS) is 15.4. The topological polar surface area (TPSA) is 62.5 Å². The summed E-state index contributed by atoms with van der Waals surface area (Å²) in [5.74, 6) is -0.538. The zero-order valence-corrected chi connectivity index (χ0v) is 5.20. The van der Waals surface area contributed by atoms with Gasteiger partial charge in [-0.2, -0.15) is 0 Å². The highest BCUT2D eigenvalue weighted by molar-refractivity contribution is 5.94. The number of hydrogen-bond acceptors (Lipinski definition) is 3. The van der Waals surface area contributed by atoms with Gasteiger partial charge in [0.2, 0.25) is 0 Å². The maximum atomic E-state index is 10.6. The van der Waals surface area contributed by atoms with Gasteiger partial charge in [0.1, 0.15) is 6.61 Å². The van der Waals surface area contributed by atoms with Gasteiger partial charge in [-0.05, 0) is 12.2 Å². The summed E-state index contributed by atoms with van der Waals surface area (Å²) < 4.78 is 4.79. The fourth-order valence-electron chi connectivity index (χ4n) is 0.602. The molecule has 10 heavy (non-hydrogen) atoms. The van der Waals surface area contributed by atoms with E-state index in [1.54, 1.807) is 12.2 Å². The Morgan fingerprint density at radius 1 is 1.80 bits per heavy atom. The first kappa shape index (κ1) is 6.67. The van der Waals surface area contributed by atoms with Crippen LogP contribution in [0.3, 0.4) is 0 Å². The molecule has 1 aliphatic rings. The highest BCUT2D eigenvalue weighted by atomic mass is 16.5. The lowest BCUT2D eigenvalue weighted by Gasteiger charge is -2.04. The fourth-order valence-corrected chi connectivity index (χ4v) is 0.602. The first-order chi connectivity index (χ1) is 4.84. The SMILES string of the molecule is N=NC(=O)C1=CC=COC1. The summed E-state index contributed by atoms with van der Waals surface area (Å²) >= 11 is 0.